The zero-order valence-corrected chi connectivity index (χ0v) is 17.3. The summed E-state index contributed by atoms with van der Waals surface area (Å²) in [6, 6.07) is 5.06. The highest BCUT2D eigenvalue weighted by Crippen LogP contribution is 2.32. The fourth-order valence-electron chi connectivity index (χ4n) is 3.64. The summed E-state index contributed by atoms with van der Waals surface area (Å²) in [5.74, 6) is -0.112. The number of benzene rings is 1. The normalized spacial score (nSPS) is 17.6. The molecule has 2 aromatic heterocycles. The lowest BCUT2D eigenvalue weighted by molar-refractivity contribution is -0.137. The molecular formula is C21H22F3N3O2S. The fourth-order valence-corrected chi connectivity index (χ4v) is 4.48. The molecule has 1 aromatic carbocycles. The summed E-state index contributed by atoms with van der Waals surface area (Å²) >= 11 is 1.30. The summed E-state index contributed by atoms with van der Waals surface area (Å²) in [6.45, 7) is 3.94. The molecule has 1 aliphatic heterocycles. The number of likely N-dealkylation sites (tertiary alicyclic amines) is 1. The van der Waals surface area contributed by atoms with Crippen LogP contribution in [0.15, 0.2) is 35.8 Å². The van der Waals surface area contributed by atoms with Crippen LogP contribution in [-0.4, -0.2) is 46.0 Å². The van der Waals surface area contributed by atoms with E-state index in [0.717, 1.165) is 31.4 Å². The van der Waals surface area contributed by atoms with Gasteiger partial charge in [0.2, 0.25) is 0 Å². The summed E-state index contributed by atoms with van der Waals surface area (Å²) in [5, 5.41) is 1.75. The number of carbonyl (C=O) groups excluding carboxylic acids is 1. The average Bonchev–Trinajstić information content (AvgIpc) is 3.32. The van der Waals surface area contributed by atoms with Gasteiger partial charge in [0.15, 0.2) is 4.96 Å². The number of ether oxygens (including phenoxy) is 1. The molecule has 0 spiro atoms. The quantitative estimate of drug-likeness (QED) is 0.557. The van der Waals surface area contributed by atoms with Crippen LogP contribution in [0.3, 0.4) is 0 Å². The van der Waals surface area contributed by atoms with Gasteiger partial charge in [-0.3, -0.25) is 9.20 Å². The van der Waals surface area contributed by atoms with E-state index in [0.29, 0.717) is 41.6 Å². The Bertz CT molecular complexity index is 1040. The van der Waals surface area contributed by atoms with Gasteiger partial charge in [0.25, 0.3) is 5.91 Å². The molecule has 0 bridgehead atoms. The van der Waals surface area contributed by atoms with Crippen LogP contribution in [0.4, 0.5) is 13.2 Å². The number of fused-ring (bicyclic) bond motifs is 1. The molecule has 0 N–H and O–H groups in total. The number of rotatable bonds is 5. The molecule has 3 heterocycles. The molecule has 9 heteroatoms. The van der Waals surface area contributed by atoms with Gasteiger partial charge in [0.1, 0.15) is 5.69 Å². The highest BCUT2D eigenvalue weighted by atomic mass is 32.1. The summed E-state index contributed by atoms with van der Waals surface area (Å²) in [6.07, 6.45) is 0.00600. The van der Waals surface area contributed by atoms with Crippen molar-refractivity contribution in [3.63, 3.8) is 0 Å². The van der Waals surface area contributed by atoms with Gasteiger partial charge in [-0.2, -0.15) is 13.2 Å². The minimum Gasteiger partial charge on any atom is -0.376 e. The largest absolute Gasteiger partial charge is 0.416 e. The zero-order valence-electron chi connectivity index (χ0n) is 16.5. The molecule has 1 atom stereocenters. The molecule has 30 heavy (non-hydrogen) atoms. The van der Waals surface area contributed by atoms with E-state index in [9.17, 15) is 18.0 Å². The first kappa shape index (κ1) is 20.9. The maximum atomic E-state index is 13.1. The number of thiazole rings is 1. The number of imidazole rings is 1. The first-order chi connectivity index (χ1) is 14.4. The standard InChI is InChI=1S/C21H22F3N3O2S/c1-2-9-29-16-7-4-8-26(11-16)19(28)18-13-30-20-25-17(12-27(18)20)14-5-3-6-15(10-14)21(22,23)24/h3,5-6,10,12-13,16H,2,4,7-9,11H2,1H3. The lowest BCUT2D eigenvalue weighted by Crippen LogP contribution is -2.43. The van der Waals surface area contributed by atoms with Gasteiger partial charge in [-0.15, -0.1) is 11.3 Å². The van der Waals surface area contributed by atoms with E-state index in [1.165, 1.54) is 17.4 Å². The van der Waals surface area contributed by atoms with Crippen LogP contribution in [0.1, 0.15) is 42.2 Å². The second-order valence-corrected chi connectivity index (χ2v) is 8.20. The molecule has 4 rings (SSSR count). The number of carbonyl (C=O) groups is 1. The van der Waals surface area contributed by atoms with Crippen molar-refractivity contribution in [3.8, 4) is 11.3 Å². The van der Waals surface area contributed by atoms with Gasteiger partial charge in [0, 0.05) is 36.8 Å². The number of nitrogens with zero attached hydrogens (tertiary/aromatic N) is 3. The molecule has 1 fully saturated rings. The Hall–Kier alpha value is -2.39. The van der Waals surface area contributed by atoms with Crippen molar-refractivity contribution < 1.29 is 22.7 Å². The van der Waals surface area contributed by atoms with Crippen molar-refractivity contribution in [2.75, 3.05) is 19.7 Å². The second kappa shape index (κ2) is 8.39. The molecule has 3 aromatic rings. The number of aromatic nitrogens is 2. The van der Waals surface area contributed by atoms with Crippen molar-refractivity contribution in [2.45, 2.75) is 38.5 Å². The first-order valence-corrected chi connectivity index (χ1v) is 10.8. The second-order valence-electron chi connectivity index (χ2n) is 7.36. The van der Waals surface area contributed by atoms with E-state index < -0.39 is 11.7 Å². The zero-order chi connectivity index (χ0) is 21.3. The van der Waals surface area contributed by atoms with E-state index >= 15 is 0 Å². The van der Waals surface area contributed by atoms with Gasteiger partial charge in [0.05, 0.1) is 17.4 Å². The highest BCUT2D eigenvalue weighted by molar-refractivity contribution is 7.15. The van der Waals surface area contributed by atoms with Gasteiger partial charge in [-0.05, 0) is 31.4 Å². The molecule has 1 saturated heterocycles. The van der Waals surface area contributed by atoms with E-state index in [1.54, 1.807) is 26.9 Å². The maximum absolute atomic E-state index is 13.1. The molecule has 1 aliphatic rings. The van der Waals surface area contributed by atoms with E-state index in [-0.39, 0.29) is 12.0 Å². The third-order valence-corrected chi connectivity index (χ3v) is 5.98. The summed E-state index contributed by atoms with van der Waals surface area (Å²) < 4.78 is 46.6. The average molecular weight is 437 g/mol. The topological polar surface area (TPSA) is 46.8 Å². The number of hydrogen-bond donors (Lipinski definition) is 0. The number of alkyl halides is 3. The molecule has 1 amide bonds. The SMILES string of the molecule is CCCOC1CCCN(C(=O)c2csc3nc(-c4cccc(C(F)(F)F)c4)cn23)C1. The Balaban J connectivity index is 1.58. The Morgan fingerprint density at radius 3 is 2.97 bits per heavy atom. The van der Waals surface area contributed by atoms with Gasteiger partial charge >= 0.3 is 6.18 Å². The smallest absolute Gasteiger partial charge is 0.376 e. The van der Waals surface area contributed by atoms with Crippen molar-refractivity contribution in [3.05, 3.63) is 47.1 Å². The van der Waals surface area contributed by atoms with Gasteiger partial charge in [-0.1, -0.05) is 19.1 Å². The Kier molecular flexibility index (Phi) is 5.84. The Morgan fingerprint density at radius 2 is 2.20 bits per heavy atom. The van der Waals surface area contributed by atoms with Gasteiger partial charge in [-0.25, -0.2) is 4.98 Å². The van der Waals surface area contributed by atoms with Crippen molar-refractivity contribution in [1.82, 2.24) is 14.3 Å². The predicted octanol–water partition coefficient (Wildman–Crippen LogP) is 5.11. The number of amides is 1. The van der Waals surface area contributed by atoms with E-state index in [2.05, 4.69) is 11.9 Å². The Morgan fingerprint density at radius 1 is 1.37 bits per heavy atom. The summed E-state index contributed by atoms with van der Waals surface area (Å²) in [4.78, 5) is 19.9. The van der Waals surface area contributed by atoms with Crippen LogP contribution in [0.5, 0.6) is 0 Å². The van der Waals surface area contributed by atoms with Crippen LogP contribution >= 0.6 is 11.3 Å². The van der Waals surface area contributed by atoms with Gasteiger partial charge < -0.3 is 9.64 Å². The third-order valence-electron chi connectivity index (χ3n) is 5.14. The molecule has 0 radical (unpaired) electrons. The van der Waals surface area contributed by atoms with Crippen molar-refractivity contribution in [2.24, 2.45) is 0 Å². The molecule has 0 saturated carbocycles. The maximum Gasteiger partial charge on any atom is 0.416 e. The third kappa shape index (κ3) is 4.22. The lowest BCUT2D eigenvalue weighted by atomic mass is 10.1. The molecule has 0 aliphatic carbocycles. The lowest BCUT2D eigenvalue weighted by Gasteiger charge is -2.32. The highest BCUT2D eigenvalue weighted by Gasteiger charge is 2.31. The first-order valence-electron chi connectivity index (χ1n) is 9.92. The minimum atomic E-state index is -4.42. The number of halogens is 3. The molecule has 1 unspecified atom stereocenters. The minimum absolute atomic E-state index is 0.0419. The summed E-state index contributed by atoms with van der Waals surface area (Å²) in [5.41, 5.74) is 0.519. The number of piperidine rings is 1. The fraction of sp³-hybridized carbons (Fsp3) is 0.429. The van der Waals surface area contributed by atoms with Crippen LogP contribution in [0.25, 0.3) is 16.2 Å². The Labute approximate surface area is 176 Å². The van der Waals surface area contributed by atoms with Crippen molar-refractivity contribution in [1.29, 1.82) is 0 Å². The predicted molar refractivity (Wildman–Crippen MR) is 109 cm³/mol. The molecule has 160 valence electrons. The van der Waals surface area contributed by atoms with Crippen LogP contribution < -0.4 is 0 Å². The summed E-state index contributed by atoms with van der Waals surface area (Å²) in [7, 11) is 0. The van der Waals surface area contributed by atoms with Crippen LogP contribution in [0.2, 0.25) is 0 Å². The van der Waals surface area contributed by atoms with Crippen molar-refractivity contribution >= 4 is 22.2 Å². The molecule has 5 nitrogen and oxygen atoms in total. The van der Waals surface area contributed by atoms with Crippen LogP contribution in [-0.2, 0) is 10.9 Å². The molecular weight excluding hydrogens is 415 g/mol. The number of hydrogen-bond acceptors (Lipinski definition) is 4. The van der Waals surface area contributed by atoms with Crippen LogP contribution in [0, 0.1) is 0 Å². The van der Waals surface area contributed by atoms with E-state index in [1.807, 2.05) is 0 Å². The van der Waals surface area contributed by atoms with E-state index in [4.69, 9.17) is 4.74 Å². The monoisotopic (exact) mass is 437 g/mol.